The van der Waals surface area contributed by atoms with Crippen LogP contribution in [0.2, 0.25) is 0 Å². The third kappa shape index (κ3) is 1.64. The smallest absolute Gasteiger partial charge is 0.0631 e. The first-order chi connectivity index (χ1) is 10.1. The van der Waals surface area contributed by atoms with Crippen molar-refractivity contribution in [1.82, 2.24) is 0 Å². The van der Waals surface area contributed by atoms with Gasteiger partial charge in [0.2, 0.25) is 0 Å². The van der Waals surface area contributed by atoms with Crippen LogP contribution in [0.15, 0.2) is 12.2 Å². The summed E-state index contributed by atoms with van der Waals surface area (Å²) in [5.41, 5.74) is 0.585. The molecule has 3 fully saturated rings. The molecule has 2 bridgehead atoms. The number of hydrogen-bond acceptors (Lipinski definition) is 2. The minimum atomic E-state index is -0.199. The van der Waals surface area contributed by atoms with E-state index in [1.807, 2.05) is 0 Å². The number of aliphatic hydroxyl groups is 2. The van der Waals surface area contributed by atoms with Crippen LogP contribution in [0.5, 0.6) is 0 Å². The van der Waals surface area contributed by atoms with E-state index >= 15 is 0 Å². The molecule has 124 valence electrons. The van der Waals surface area contributed by atoms with Gasteiger partial charge in [0.1, 0.15) is 0 Å². The summed E-state index contributed by atoms with van der Waals surface area (Å²) < 4.78 is 0. The van der Waals surface area contributed by atoms with Crippen molar-refractivity contribution in [3.63, 3.8) is 0 Å². The second-order valence-electron chi connectivity index (χ2n) is 10.0. The highest BCUT2D eigenvalue weighted by Gasteiger charge is 2.65. The van der Waals surface area contributed by atoms with Gasteiger partial charge < -0.3 is 10.2 Å². The van der Waals surface area contributed by atoms with Crippen LogP contribution >= 0.6 is 0 Å². The van der Waals surface area contributed by atoms with Crippen molar-refractivity contribution in [3.8, 4) is 0 Å². The zero-order valence-electron chi connectivity index (χ0n) is 14.6. The van der Waals surface area contributed by atoms with Gasteiger partial charge in [0, 0.05) is 5.41 Å². The molecule has 1 spiro atoms. The molecule has 22 heavy (non-hydrogen) atoms. The molecule has 0 aromatic carbocycles. The number of aliphatic hydroxyl groups excluding tert-OH is 2. The van der Waals surface area contributed by atoms with Crippen molar-refractivity contribution in [2.24, 2.45) is 33.5 Å². The molecule has 4 rings (SSSR count). The maximum Gasteiger partial charge on any atom is 0.0631 e. The maximum absolute atomic E-state index is 10.8. The van der Waals surface area contributed by atoms with E-state index in [-0.39, 0.29) is 28.5 Å². The van der Waals surface area contributed by atoms with Gasteiger partial charge in [-0.2, -0.15) is 0 Å². The molecule has 7 atom stereocenters. The van der Waals surface area contributed by atoms with Gasteiger partial charge >= 0.3 is 0 Å². The minimum absolute atomic E-state index is 0.00261. The number of hydrogen-bond donors (Lipinski definition) is 2. The summed E-state index contributed by atoms with van der Waals surface area (Å²) in [6.07, 6.45) is 11.0. The molecule has 2 nitrogen and oxygen atoms in total. The van der Waals surface area contributed by atoms with Crippen molar-refractivity contribution in [1.29, 1.82) is 0 Å². The fourth-order valence-corrected chi connectivity index (χ4v) is 7.26. The van der Waals surface area contributed by atoms with Crippen LogP contribution < -0.4 is 0 Å². The summed E-state index contributed by atoms with van der Waals surface area (Å²) in [4.78, 5) is 0. The van der Waals surface area contributed by atoms with Crippen LogP contribution in [0.1, 0.15) is 66.2 Å². The Morgan fingerprint density at radius 3 is 2.32 bits per heavy atom. The fourth-order valence-electron chi connectivity index (χ4n) is 7.26. The van der Waals surface area contributed by atoms with Crippen molar-refractivity contribution in [2.75, 3.05) is 0 Å². The lowest BCUT2D eigenvalue weighted by Crippen LogP contribution is -2.61. The molecule has 0 radical (unpaired) electrons. The van der Waals surface area contributed by atoms with E-state index in [1.165, 1.54) is 12.8 Å². The number of fused-ring (bicyclic) bond motifs is 3. The Balaban J connectivity index is 1.76. The van der Waals surface area contributed by atoms with E-state index in [0.29, 0.717) is 17.3 Å². The second kappa shape index (κ2) is 4.19. The summed E-state index contributed by atoms with van der Waals surface area (Å²) in [6, 6.07) is 0. The van der Waals surface area contributed by atoms with E-state index in [0.717, 1.165) is 25.7 Å². The Morgan fingerprint density at radius 1 is 0.864 bits per heavy atom. The molecular weight excluding hydrogens is 272 g/mol. The van der Waals surface area contributed by atoms with Crippen LogP contribution in [0.4, 0.5) is 0 Å². The Labute approximate surface area is 135 Å². The summed E-state index contributed by atoms with van der Waals surface area (Å²) in [5.74, 6) is 1.15. The van der Waals surface area contributed by atoms with E-state index in [2.05, 4.69) is 39.8 Å². The highest BCUT2D eigenvalue weighted by atomic mass is 16.3. The SMILES string of the molecule is CC1(C)[C@H](O)CC[C@]2(C)[C@@H]1CC[C@]13C=C[C@](C)(C1)[C@H](O)C[C@H]32. The van der Waals surface area contributed by atoms with Gasteiger partial charge in [-0.05, 0) is 66.6 Å². The van der Waals surface area contributed by atoms with Crippen molar-refractivity contribution >= 4 is 0 Å². The molecule has 0 aromatic rings. The van der Waals surface area contributed by atoms with Crippen LogP contribution in [0.25, 0.3) is 0 Å². The summed E-state index contributed by atoms with van der Waals surface area (Å²) in [5, 5.41) is 21.3. The van der Waals surface area contributed by atoms with Gasteiger partial charge in [0.15, 0.2) is 0 Å². The normalized spacial score (nSPS) is 59.0. The van der Waals surface area contributed by atoms with Crippen molar-refractivity contribution < 1.29 is 10.2 Å². The minimum Gasteiger partial charge on any atom is -0.393 e. The van der Waals surface area contributed by atoms with Gasteiger partial charge in [0.25, 0.3) is 0 Å². The van der Waals surface area contributed by atoms with E-state index in [4.69, 9.17) is 0 Å². The quantitative estimate of drug-likeness (QED) is 0.666. The zero-order chi connectivity index (χ0) is 16.0. The van der Waals surface area contributed by atoms with Crippen LogP contribution in [0.3, 0.4) is 0 Å². The average Bonchev–Trinajstić information content (AvgIpc) is 2.73. The van der Waals surface area contributed by atoms with Gasteiger partial charge in [-0.1, -0.05) is 39.8 Å². The molecule has 0 heterocycles. The van der Waals surface area contributed by atoms with Crippen molar-refractivity contribution in [3.05, 3.63) is 12.2 Å². The number of rotatable bonds is 0. The second-order valence-corrected chi connectivity index (χ2v) is 10.0. The Morgan fingerprint density at radius 2 is 1.59 bits per heavy atom. The van der Waals surface area contributed by atoms with Gasteiger partial charge in [-0.15, -0.1) is 0 Å². The lowest BCUT2D eigenvalue weighted by molar-refractivity contribution is -0.191. The van der Waals surface area contributed by atoms with Crippen LogP contribution in [0, 0.1) is 33.5 Å². The first-order valence-electron chi connectivity index (χ1n) is 9.21. The molecule has 0 aromatic heterocycles. The first kappa shape index (κ1) is 15.2. The third-order valence-electron chi connectivity index (χ3n) is 8.62. The predicted molar refractivity (Wildman–Crippen MR) is 88.3 cm³/mol. The van der Waals surface area contributed by atoms with Gasteiger partial charge in [-0.3, -0.25) is 0 Å². The standard InChI is InChI=1S/C20H32O2/c1-17(2)13-5-8-20-10-9-18(3,12-20)16(22)11-14(20)19(13,4)7-6-15(17)21/h9-10,13-16,21-22H,5-8,11-12H2,1-4H3/t13-,14+,15-,16-,18-,19-,20+/m1/s1. The maximum atomic E-state index is 10.8. The lowest BCUT2D eigenvalue weighted by Gasteiger charge is -2.65. The summed E-state index contributed by atoms with van der Waals surface area (Å²) in [6.45, 7) is 9.25. The topological polar surface area (TPSA) is 40.5 Å². The monoisotopic (exact) mass is 304 g/mol. The molecule has 4 aliphatic carbocycles. The van der Waals surface area contributed by atoms with E-state index < -0.39 is 0 Å². The summed E-state index contributed by atoms with van der Waals surface area (Å²) in [7, 11) is 0. The molecule has 2 N–H and O–H groups in total. The van der Waals surface area contributed by atoms with Crippen LogP contribution in [-0.2, 0) is 0 Å². The molecule has 4 aliphatic rings. The molecule has 0 saturated heterocycles. The lowest BCUT2D eigenvalue weighted by atomic mass is 9.40. The predicted octanol–water partition coefficient (Wildman–Crippen LogP) is 3.92. The highest BCUT2D eigenvalue weighted by molar-refractivity contribution is 5.27. The van der Waals surface area contributed by atoms with Gasteiger partial charge in [0.05, 0.1) is 12.2 Å². The third-order valence-corrected chi connectivity index (χ3v) is 8.62. The largest absolute Gasteiger partial charge is 0.393 e. The molecule has 0 aliphatic heterocycles. The molecule has 3 saturated carbocycles. The van der Waals surface area contributed by atoms with E-state index in [9.17, 15) is 10.2 Å². The Bertz CT molecular complexity index is 524. The average molecular weight is 304 g/mol. The Hall–Kier alpha value is -0.340. The number of allylic oxidation sites excluding steroid dienone is 1. The first-order valence-corrected chi connectivity index (χ1v) is 9.21. The molecule has 0 amide bonds. The zero-order valence-corrected chi connectivity index (χ0v) is 14.6. The molecule has 0 unspecified atom stereocenters. The van der Waals surface area contributed by atoms with Crippen molar-refractivity contribution in [2.45, 2.75) is 78.4 Å². The molecular formula is C20H32O2. The molecule has 2 heteroatoms. The van der Waals surface area contributed by atoms with Gasteiger partial charge in [-0.25, -0.2) is 0 Å². The van der Waals surface area contributed by atoms with Crippen LogP contribution in [-0.4, -0.2) is 22.4 Å². The Kier molecular flexibility index (Phi) is 2.89. The highest BCUT2D eigenvalue weighted by Crippen LogP contribution is 2.71. The summed E-state index contributed by atoms with van der Waals surface area (Å²) >= 11 is 0. The van der Waals surface area contributed by atoms with E-state index in [1.54, 1.807) is 0 Å². The fraction of sp³-hybridized carbons (Fsp3) is 0.900.